The van der Waals surface area contributed by atoms with Gasteiger partial charge < -0.3 is 0 Å². The second-order valence-electron chi connectivity index (χ2n) is 9.10. The molecule has 1 fully saturated rings. The molecule has 3 atom stereocenters. The molecule has 160 valence electrons. The molecule has 1 amide bonds. The van der Waals surface area contributed by atoms with Crippen LogP contribution in [0, 0.1) is 5.41 Å². The van der Waals surface area contributed by atoms with Gasteiger partial charge in [-0.3, -0.25) is 9.59 Å². The first-order valence-corrected chi connectivity index (χ1v) is 11.3. The molecule has 2 aromatic carbocycles. The van der Waals surface area contributed by atoms with Gasteiger partial charge in [-0.15, -0.1) is 0 Å². The van der Waals surface area contributed by atoms with Gasteiger partial charge in [-0.25, -0.2) is 9.28 Å². The molecule has 5 heteroatoms. The minimum atomic E-state index is -0.738. The van der Waals surface area contributed by atoms with Gasteiger partial charge in [-0.1, -0.05) is 82.8 Å². The molecule has 2 aromatic rings. The molecule has 0 saturated carbocycles. The standard InChI is InChI=1S/C25H31NO3S/c1-5-15-26(23(28)22(27)25(3,4)6-2)16-14-20(21(26)24(29)30)19-13-9-11-17-10-7-8-12-18(17)19/h7-13,20-21H,5-6,14-16H2,1-4H3/p+1. The minimum absolute atomic E-state index is 0.102. The minimum Gasteiger partial charge on any atom is -0.283 e. The van der Waals surface area contributed by atoms with Crippen LogP contribution >= 0.6 is 12.6 Å². The summed E-state index contributed by atoms with van der Waals surface area (Å²) < 4.78 is -0.102. The molecule has 0 bridgehead atoms. The summed E-state index contributed by atoms with van der Waals surface area (Å²) in [6.45, 7) is 8.50. The number of amides is 1. The zero-order valence-corrected chi connectivity index (χ0v) is 19.2. The Morgan fingerprint density at radius 2 is 1.73 bits per heavy atom. The number of Topliss-reactive ketones (excluding diaryl/α,β-unsaturated/α-hetero) is 1. The number of hydrogen-bond acceptors (Lipinski definition) is 3. The van der Waals surface area contributed by atoms with Gasteiger partial charge in [0.25, 0.3) is 5.78 Å². The van der Waals surface area contributed by atoms with E-state index >= 15 is 0 Å². The Morgan fingerprint density at radius 1 is 1.07 bits per heavy atom. The molecule has 1 heterocycles. The zero-order valence-electron chi connectivity index (χ0n) is 18.4. The van der Waals surface area contributed by atoms with Crippen molar-refractivity contribution in [1.82, 2.24) is 0 Å². The average molecular weight is 427 g/mol. The highest BCUT2D eigenvalue weighted by molar-refractivity contribution is 7.96. The van der Waals surface area contributed by atoms with E-state index in [0.29, 0.717) is 32.4 Å². The maximum Gasteiger partial charge on any atom is 0.382 e. The Bertz CT molecular complexity index is 978. The lowest BCUT2D eigenvalue weighted by atomic mass is 9.83. The van der Waals surface area contributed by atoms with Gasteiger partial charge in [-0.05, 0) is 29.2 Å². The Kier molecular flexibility index (Phi) is 6.54. The largest absolute Gasteiger partial charge is 0.382 e. The van der Waals surface area contributed by atoms with Crippen LogP contribution in [0.15, 0.2) is 42.5 Å². The summed E-state index contributed by atoms with van der Waals surface area (Å²) in [6.07, 6.45) is 1.97. The number of carbonyl (C=O) groups excluding carboxylic acids is 3. The predicted molar refractivity (Wildman–Crippen MR) is 123 cm³/mol. The number of hydrogen-bond donors (Lipinski definition) is 1. The second kappa shape index (κ2) is 8.64. The summed E-state index contributed by atoms with van der Waals surface area (Å²) in [7, 11) is 0. The number of quaternary nitrogens is 1. The number of likely N-dealkylation sites (tertiary alicyclic amines) is 1. The lowest BCUT2D eigenvalue weighted by molar-refractivity contribution is -0.854. The summed E-state index contributed by atoms with van der Waals surface area (Å²) in [5.74, 6) is -0.954. The van der Waals surface area contributed by atoms with Gasteiger partial charge >= 0.3 is 5.91 Å². The van der Waals surface area contributed by atoms with Crippen molar-refractivity contribution in [2.24, 2.45) is 5.41 Å². The molecular formula is C25H32NO3S+. The molecule has 1 aliphatic heterocycles. The highest BCUT2D eigenvalue weighted by Crippen LogP contribution is 2.43. The van der Waals surface area contributed by atoms with E-state index in [2.05, 4.69) is 30.8 Å². The number of thiol groups is 1. The molecule has 0 aliphatic carbocycles. The number of ketones is 1. The second-order valence-corrected chi connectivity index (χ2v) is 9.54. The normalized spacial score (nSPS) is 24.2. The number of benzene rings is 2. The van der Waals surface area contributed by atoms with E-state index in [-0.39, 0.29) is 21.3 Å². The van der Waals surface area contributed by atoms with Crippen LogP contribution in [-0.4, -0.2) is 40.4 Å². The third-order valence-corrected chi connectivity index (χ3v) is 7.21. The van der Waals surface area contributed by atoms with Crippen LogP contribution in [0.2, 0.25) is 0 Å². The Labute approximate surface area is 184 Å². The fourth-order valence-electron chi connectivity index (χ4n) is 4.93. The van der Waals surface area contributed by atoms with Gasteiger partial charge in [0, 0.05) is 11.8 Å². The molecule has 3 rings (SSSR count). The highest BCUT2D eigenvalue weighted by atomic mass is 32.1. The summed E-state index contributed by atoms with van der Waals surface area (Å²) in [5.41, 5.74) is 0.323. The number of fused-ring (bicyclic) bond motifs is 1. The number of nitrogens with zero attached hydrogens (tertiary/aromatic N) is 1. The first kappa shape index (κ1) is 22.7. The van der Waals surface area contributed by atoms with Crippen LogP contribution in [-0.2, 0) is 14.4 Å². The molecule has 3 unspecified atom stereocenters. The van der Waals surface area contributed by atoms with Gasteiger partial charge in [0.15, 0.2) is 6.04 Å². The molecule has 0 radical (unpaired) electrons. The molecule has 1 saturated heterocycles. The van der Waals surface area contributed by atoms with Crippen molar-refractivity contribution < 1.29 is 18.9 Å². The zero-order chi connectivity index (χ0) is 22.1. The molecular weight excluding hydrogens is 394 g/mol. The van der Waals surface area contributed by atoms with Crippen LogP contribution in [0.5, 0.6) is 0 Å². The fraction of sp³-hybridized carbons (Fsp3) is 0.480. The van der Waals surface area contributed by atoms with Crippen molar-refractivity contribution in [1.29, 1.82) is 0 Å². The first-order valence-electron chi connectivity index (χ1n) is 10.9. The van der Waals surface area contributed by atoms with Gasteiger partial charge in [-0.2, -0.15) is 0 Å². The lowest BCUT2D eigenvalue weighted by Gasteiger charge is -2.38. The van der Waals surface area contributed by atoms with E-state index < -0.39 is 17.4 Å². The Morgan fingerprint density at radius 3 is 2.37 bits per heavy atom. The summed E-state index contributed by atoms with van der Waals surface area (Å²) in [5, 5.41) is 1.89. The maximum absolute atomic E-state index is 13.7. The van der Waals surface area contributed by atoms with Crippen LogP contribution in [0.25, 0.3) is 10.8 Å². The van der Waals surface area contributed by atoms with Crippen LogP contribution < -0.4 is 0 Å². The average Bonchev–Trinajstić information content (AvgIpc) is 3.12. The van der Waals surface area contributed by atoms with Crippen molar-refractivity contribution in [2.45, 2.75) is 58.9 Å². The van der Waals surface area contributed by atoms with Crippen LogP contribution in [0.3, 0.4) is 0 Å². The third-order valence-electron chi connectivity index (χ3n) is 6.95. The van der Waals surface area contributed by atoms with E-state index in [0.717, 1.165) is 16.3 Å². The molecule has 1 aliphatic rings. The van der Waals surface area contributed by atoms with E-state index in [1.165, 1.54) is 0 Å². The van der Waals surface area contributed by atoms with Crippen molar-refractivity contribution >= 4 is 40.2 Å². The molecule has 30 heavy (non-hydrogen) atoms. The number of rotatable bonds is 7. The summed E-state index contributed by atoms with van der Waals surface area (Å²) in [4.78, 5) is 39.7. The van der Waals surface area contributed by atoms with Crippen LogP contribution in [0.4, 0.5) is 0 Å². The molecule has 0 aromatic heterocycles. The molecule has 0 N–H and O–H groups in total. The van der Waals surface area contributed by atoms with Gasteiger partial charge in [0.2, 0.25) is 5.12 Å². The fourth-order valence-corrected chi connectivity index (χ4v) is 5.33. The first-order chi connectivity index (χ1) is 14.2. The maximum atomic E-state index is 13.7. The Balaban J connectivity index is 2.13. The van der Waals surface area contributed by atoms with Crippen LogP contribution in [0.1, 0.15) is 58.4 Å². The van der Waals surface area contributed by atoms with E-state index in [1.807, 2.05) is 52.0 Å². The van der Waals surface area contributed by atoms with E-state index in [4.69, 9.17) is 0 Å². The topological polar surface area (TPSA) is 51.2 Å². The highest BCUT2D eigenvalue weighted by Gasteiger charge is 2.59. The summed E-state index contributed by atoms with van der Waals surface area (Å²) >= 11 is 4.24. The van der Waals surface area contributed by atoms with E-state index in [1.54, 1.807) is 0 Å². The van der Waals surface area contributed by atoms with Crippen molar-refractivity contribution in [3.63, 3.8) is 0 Å². The van der Waals surface area contributed by atoms with Crippen molar-refractivity contribution in [3.8, 4) is 0 Å². The Hall–Kier alpha value is -1.98. The van der Waals surface area contributed by atoms with Gasteiger partial charge in [0.1, 0.15) is 0 Å². The molecule has 0 spiro atoms. The monoisotopic (exact) mass is 426 g/mol. The SMILES string of the molecule is CCC[N+]1(C(=O)C(=O)C(C)(C)CC)CCC(c2cccc3ccccc23)C1C(=O)S. The van der Waals surface area contributed by atoms with Gasteiger partial charge in [0.05, 0.1) is 19.0 Å². The van der Waals surface area contributed by atoms with E-state index in [9.17, 15) is 14.4 Å². The molecule has 4 nitrogen and oxygen atoms in total. The van der Waals surface area contributed by atoms with Crippen molar-refractivity contribution in [2.75, 3.05) is 13.1 Å². The quantitative estimate of drug-likeness (QED) is 0.389. The third kappa shape index (κ3) is 3.74. The number of carbonyl (C=O) groups is 3. The summed E-state index contributed by atoms with van der Waals surface area (Å²) in [6, 6.07) is 13.5. The predicted octanol–water partition coefficient (Wildman–Crippen LogP) is 4.91. The lowest BCUT2D eigenvalue weighted by Crippen LogP contribution is -2.63. The smallest absolute Gasteiger partial charge is 0.283 e. The van der Waals surface area contributed by atoms with Crippen molar-refractivity contribution in [3.05, 3.63) is 48.0 Å².